The van der Waals surface area contributed by atoms with Gasteiger partial charge >= 0.3 is 0 Å². The highest BCUT2D eigenvalue weighted by molar-refractivity contribution is 7.81. The zero-order chi connectivity index (χ0) is 19.1. The van der Waals surface area contributed by atoms with Crippen molar-refractivity contribution in [3.8, 4) is 0 Å². The highest BCUT2D eigenvalue weighted by atomic mass is 32.1. The van der Waals surface area contributed by atoms with Crippen LogP contribution in [0.5, 0.6) is 0 Å². The molecule has 156 valence electrons. The van der Waals surface area contributed by atoms with Crippen molar-refractivity contribution in [1.29, 1.82) is 0 Å². The molecule has 0 atom stereocenters. The lowest BCUT2D eigenvalue weighted by atomic mass is 10.1. The van der Waals surface area contributed by atoms with E-state index in [0.717, 1.165) is 26.0 Å². The van der Waals surface area contributed by atoms with Crippen LogP contribution in [0.1, 0.15) is 57.8 Å². The van der Waals surface area contributed by atoms with E-state index >= 15 is 0 Å². The van der Waals surface area contributed by atoms with E-state index in [4.69, 9.17) is 19.3 Å². The molecule has 0 aliphatic heterocycles. The number of carbonyl (C=O) groups is 1. The summed E-state index contributed by atoms with van der Waals surface area (Å²) in [4.78, 5) is 11.0. The smallest absolute Gasteiger partial charge is 0.229 e. The van der Waals surface area contributed by atoms with Crippen molar-refractivity contribution in [1.82, 2.24) is 5.32 Å². The van der Waals surface area contributed by atoms with Gasteiger partial charge in [-0.15, -0.1) is 0 Å². The molecule has 0 saturated heterocycles. The van der Waals surface area contributed by atoms with E-state index in [-0.39, 0.29) is 18.3 Å². The number of hydrogen-bond acceptors (Lipinski definition) is 6. The summed E-state index contributed by atoms with van der Waals surface area (Å²) in [6, 6.07) is 0. The van der Waals surface area contributed by atoms with Crippen molar-refractivity contribution in [2.45, 2.75) is 57.8 Å². The molecule has 2 N–H and O–H groups in total. The Morgan fingerprint density at radius 2 is 1.15 bits per heavy atom. The third-order valence-corrected chi connectivity index (χ3v) is 4.20. The Bertz CT molecular complexity index is 295. The van der Waals surface area contributed by atoms with E-state index in [1.165, 1.54) is 44.9 Å². The second-order valence-electron chi connectivity index (χ2n) is 6.25. The first kappa shape index (κ1) is 25.7. The average Bonchev–Trinajstić information content (AvgIpc) is 2.66. The van der Waals surface area contributed by atoms with Gasteiger partial charge in [-0.1, -0.05) is 44.9 Å². The molecule has 0 rings (SSSR count). The van der Waals surface area contributed by atoms with Crippen LogP contribution in [0.15, 0.2) is 0 Å². The molecule has 0 aromatic carbocycles. The molecular formula is C19H39NO5S. The van der Waals surface area contributed by atoms with Crippen LogP contribution < -0.4 is 5.32 Å². The summed E-state index contributed by atoms with van der Waals surface area (Å²) in [6.07, 6.45) is 11.0. The van der Waals surface area contributed by atoms with Crippen LogP contribution in [-0.2, 0) is 19.0 Å². The summed E-state index contributed by atoms with van der Waals surface area (Å²) in [5.41, 5.74) is 0. The Kier molecular flexibility index (Phi) is 22.4. The number of thiol groups is 1. The summed E-state index contributed by atoms with van der Waals surface area (Å²) >= 11 is 3.92. The van der Waals surface area contributed by atoms with Crippen LogP contribution in [0.2, 0.25) is 0 Å². The van der Waals surface area contributed by atoms with Gasteiger partial charge in [0.1, 0.15) is 0 Å². The number of hydrogen-bond donors (Lipinski definition) is 3. The van der Waals surface area contributed by atoms with Gasteiger partial charge in [-0.25, -0.2) is 0 Å². The zero-order valence-corrected chi connectivity index (χ0v) is 17.1. The Balaban J connectivity index is 3.00. The third kappa shape index (κ3) is 21.7. The van der Waals surface area contributed by atoms with Gasteiger partial charge in [0, 0.05) is 13.2 Å². The van der Waals surface area contributed by atoms with E-state index in [0.29, 0.717) is 33.0 Å². The largest absolute Gasteiger partial charge is 0.394 e. The molecule has 0 aromatic heterocycles. The predicted molar refractivity (Wildman–Crippen MR) is 108 cm³/mol. The summed E-state index contributed by atoms with van der Waals surface area (Å²) in [7, 11) is 0. The molecule has 0 heterocycles. The van der Waals surface area contributed by atoms with E-state index in [1.54, 1.807) is 0 Å². The number of nitrogens with one attached hydrogen (secondary N) is 1. The Morgan fingerprint density at radius 3 is 1.69 bits per heavy atom. The van der Waals surface area contributed by atoms with Crippen LogP contribution in [0.25, 0.3) is 0 Å². The van der Waals surface area contributed by atoms with Crippen molar-refractivity contribution < 1.29 is 24.1 Å². The monoisotopic (exact) mass is 393 g/mol. The maximum Gasteiger partial charge on any atom is 0.229 e. The molecule has 6 nitrogen and oxygen atoms in total. The molecule has 0 spiro atoms. The van der Waals surface area contributed by atoms with Gasteiger partial charge in [0.15, 0.2) is 0 Å². The molecule has 1 amide bonds. The first-order valence-electron chi connectivity index (χ1n) is 10.0. The van der Waals surface area contributed by atoms with Crippen molar-refractivity contribution in [2.24, 2.45) is 0 Å². The van der Waals surface area contributed by atoms with E-state index in [2.05, 4.69) is 17.9 Å². The average molecular weight is 394 g/mol. The second-order valence-corrected chi connectivity index (χ2v) is 6.57. The third-order valence-electron chi connectivity index (χ3n) is 3.91. The fraction of sp³-hybridized carbons (Fsp3) is 0.947. The van der Waals surface area contributed by atoms with E-state index in [1.807, 2.05) is 0 Å². The summed E-state index contributed by atoms with van der Waals surface area (Å²) in [6.45, 7) is 4.32. The SMILES string of the molecule is O=C(CS)NCCCCCCCCCCCOCCOCCOCCO. The topological polar surface area (TPSA) is 77.0 Å². The molecule has 0 bridgehead atoms. The molecule has 0 fully saturated rings. The lowest BCUT2D eigenvalue weighted by Gasteiger charge is -2.06. The Hall–Kier alpha value is -0.340. The fourth-order valence-corrected chi connectivity index (χ4v) is 2.57. The standard InChI is InChI=1S/C19H39NO5S/c21-11-13-24-15-17-25-16-14-23-12-9-7-5-3-1-2-4-6-8-10-20-19(22)18-26/h21,26H,1-18H2,(H,20,22). The molecule has 0 unspecified atom stereocenters. The molecular weight excluding hydrogens is 354 g/mol. The molecule has 0 aromatic rings. The molecule has 0 aliphatic rings. The maximum atomic E-state index is 11.0. The first-order chi connectivity index (χ1) is 12.8. The molecule has 0 saturated carbocycles. The first-order valence-corrected chi connectivity index (χ1v) is 10.7. The normalized spacial score (nSPS) is 11.0. The van der Waals surface area contributed by atoms with Crippen LogP contribution in [-0.4, -0.2) is 69.6 Å². The van der Waals surface area contributed by atoms with Crippen molar-refractivity contribution in [2.75, 3.05) is 58.5 Å². The highest BCUT2D eigenvalue weighted by Crippen LogP contribution is 2.09. The summed E-state index contributed by atoms with van der Waals surface area (Å²) < 4.78 is 16.0. The lowest BCUT2D eigenvalue weighted by Crippen LogP contribution is -2.25. The van der Waals surface area contributed by atoms with Crippen LogP contribution in [0.3, 0.4) is 0 Å². The molecule has 26 heavy (non-hydrogen) atoms. The highest BCUT2D eigenvalue weighted by Gasteiger charge is 1.97. The minimum absolute atomic E-state index is 0.0219. The number of amides is 1. The van der Waals surface area contributed by atoms with Gasteiger partial charge in [0.05, 0.1) is 45.4 Å². The number of aliphatic hydroxyl groups is 1. The molecule has 0 radical (unpaired) electrons. The van der Waals surface area contributed by atoms with Crippen molar-refractivity contribution in [3.05, 3.63) is 0 Å². The van der Waals surface area contributed by atoms with Gasteiger partial charge in [0.25, 0.3) is 0 Å². The molecule has 7 heteroatoms. The Labute approximate surface area is 164 Å². The fourth-order valence-electron chi connectivity index (χ4n) is 2.46. The minimum Gasteiger partial charge on any atom is -0.394 e. The maximum absolute atomic E-state index is 11.0. The quantitative estimate of drug-likeness (QED) is 0.206. The number of ether oxygens (including phenoxy) is 3. The van der Waals surface area contributed by atoms with E-state index in [9.17, 15) is 4.79 Å². The summed E-state index contributed by atoms with van der Waals surface area (Å²) in [5.74, 6) is 0.300. The van der Waals surface area contributed by atoms with Crippen LogP contribution in [0, 0.1) is 0 Å². The van der Waals surface area contributed by atoms with Crippen molar-refractivity contribution in [3.63, 3.8) is 0 Å². The van der Waals surface area contributed by atoms with Gasteiger partial charge in [-0.05, 0) is 12.8 Å². The number of unbranched alkanes of at least 4 members (excludes halogenated alkanes) is 8. The van der Waals surface area contributed by atoms with Crippen LogP contribution >= 0.6 is 12.6 Å². The van der Waals surface area contributed by atoms with Gasteiger partial charge < -0.3 is 24.6 Å². The number of aliphatic hydroxyl groups excluding tert-OH is 1. The number of rotatable bonds is 21. The second kappa shape index (κ2) is 22.7. The van der Waals surface area contributed by atoms with Crippen molar-refractivity contribution >= 4 is 18.5 Å². The lowest BCUT2D eigenvalue weighted by molar-refractivity contribution is -0.118. The molecule has 0 aliphatic carbocycles. The minimum atomic E-state index is 0.0219. The summed E-state index contributed by atoms with van der Waals surface area (Å²) in [5, 5.41) is 11.4. The van der Waals surface area contributed by atoms with Crippen LogP contribution in [0.4, 0.5) is 0 Å². The van der Waals surface area contributed by atoms with Gasteiger partial charge in [0.2, 0.25) is 5.91 Å². The van der Waals surface area contributed by atoms with Gasteiger partial charge in [-0.3, -0.25) is 4.79 Å². The number of carbonyl (C=O) groups excluding carboxylic acids is 1. The van der Waals surface area contributed by atoms with Gasteiger partial charge in [-0.2, -0.15) is 12.6 Å². The predicted octanol–water partition coefficient (Wildman–Crippen LogP) is 2.59. The zero-order valence-electron chi connectivity index (χ0n) is 16.3. The van der Waals surface area contributed by atoms with E-state index < -0.39 is 0 Å². The Morgan fingerprint density at radius 1 is 0.692 bits per heavy atom.